The van der Waals surface area contributed by atoms with E-state index < -0.39 is 0 Å². The average molecular weight is 269 g/mol. The van der Waals surface area contributed by atoms with Crippen molar-refractivity contribution in [3.05, 3.63) is 65.2 Å². The quantitative estimate of drug-likeness (QED) is 0.638. The highest BCUT2D eigenvalue weighted by Crippen LogP contribution is 2.36. The number of fused-ring (bicyclic) bond motifs is 3. The van der Waals surface area contributed by atoms with Gasteiger partial charge in [0.2, 0.25) is 0 Å². The molecule has 2 heteroatoms. The van der Waals surface area contributed by atoms with Crippen molar-refractivity contribution in [2.45, 2.75) is 6.42 Å². The van der Waals surface area contributed by atoms with Crippen LogP contribution in [0.5, 0.6) is 0 Å². The fourth-order valence-corrected chi connectivity index (χ4v) is 2.56. The van der Waals surface area contributed by atoms with Gasteiger partial charge < -0.3 is 0 Å². The van der Waals surface area contributed by atoms with Crippen LogP contribution < -0.4 is 0 Å². The molecule has 0 saturated carbocycles. The summed E-state index contributed by atoms with van der Waals surface area (Å²) < 4.78 is 0. The Balaban J connectivity index is 2.03. The number of rotatable bonds is 3. The maximum absolute atomic E-state index is 12.3. The molecular weight excluding hydrogens is 256 g/mol. The molecule has 2 aromatic carbocycles. The Morgan fingerprint density at radius 3 is 2.47 bits per heavy atom. The highest BCUT2D eigenvalue weighted by molar-refractivity contribution is 6.21. The van der Waals surface area contributed by atoms with Crippen molar-refractivity contribution in [1.29, 1.82) is 0 Å². The Hall–Kier alpha value is -1.86. The molecule has 0 bridgehead atoms. The molecule has 1 nitrogen and oxygen atoms in total. The van der Waals surface area contributed by atoms with Crippen LogP contribution in [0.4, 0.5) is 0 Å². The highest BCUT2D eigenvalue weighted by Gasteiger charge is 2.25. The first-order valence-corrected chi connectivity index (χ1v) is 6.85. The molecule has 2 aromatic rings. The van der Waals surface area contributed by atoms with E-state index in [1.165, 1.54) is 0 Å². The van der Waals surface area contributed by atoms with E-state index in [1.54, 1.807) is 0 Å². The summed E-state index contributed by atoms with van der Waals surface area (Å²) in [4.78, 5) is 12.3. The highest BCUT2D eigenvalue weighted by atomic mass is 35.5. The summed E-state index contributed by atoms with van der Waals surface area (Å²) in [6, 6.07) is 13.8. The van der Waals surface area contributed by atoms with Crippen LogP contribution in [0.1, 0.15) is 27.9 Å². The summed E-state index contributed by atoms with van der Waals surface area (Å²) in [5.41, 5.74) is 4.73. The number of carbonyl (C=O) groups is 1. The molecule has 0 unspecified atom stereocenters. The van der Waals surface area contributed by atoms with E-state index in [1.807, 2.05) is 54.6 Å². The second-order valence-corrected chi connectivity index (χ2v) is 4.94. The van der Waals surface area contributed by atoms with Crippen molar-refractivity contribution in [2.75, 3.05) is 5.88 Å². The van der Waals surface area contributed by atoms with Gasteiger partial charge in [0.25, 0.3) is 0 Å². The summed E-state index contributed by atoms with van der Waals surface area (Å²) in [6.07, 6.45) is 4.88. The summed E-state index contributed by atoms with van der Waals surface area (Å²) in [6.45, 7) is 0. The van der Waals surface area contributed by atoms with Gasteiger partial charge in [0, 0.05) is 17.0 Å². The third-order valence-corrected chi connectivity index (χ3v) is 3.55. The van der Waals surface area contributed by atoms with Crippen LogP contribution in [0.3, 0.4) is 0 Å². The predicted octanol–water partition coefficient (Wildman–Crippen LogP) is 4.54. The zero-order chi connectivity index (χ0) is 13.2. The minimum atomic E-state index is 0.123. The van der Waals surface area contributed by atoms with E-state index in [-0.39, 0.29) is 5.78 Å². The summed E-state index contributed by atoms with van der Waals surface area (Å²) in [5.74, 6) is 0.740. The first-order valence-electron chi connectivity index (χ1n) is 6.32. The van der Waals surface area contributed by atoms with E-state index in [2.05, 4.69) is 0 Å². The molecule has 19 heavy (non-hydrogen) atoms. The van der Waals surface area contributed by atoms with Crippen LogP contribution in [0.15, 0.2) is 48.5 Å². The zero-order valence-electron chi connectivity index (χ0n) is 10.4. The van der Waals surface area contributed by atoms with Gasteiger partial charge in [-0.15, -0.1) is 11.6 Å². The molecule has 94 valence electrons. The lowest BCUT2D eigenvalue weighted by molar-refractivity contribution is 0.104. The minimum Gasteiger partial charge on any atom is -0.289 e. The van der Waals surface area contributed by atoms with Crippen molar-refractivity contribution in [2.24, 2.45) is 0 Å². The minimum absolute atomic E-state index is 0.123. The van der Waals surface area contributed by atoms with Crippen molar-refractivity contribution in [3.63, 3.8) is 0 Å². The Bertz CT molecular complexity index is 671. The summed E-state index contributed by atoms with van der Waals surface area (Å²) >= 11 is 5.64. The Morgan fingerprint density at radius 1 is 0.947 bits per heavy atom. The molecule has 0 aromatic heterocycles. The molecular formula is C17H13ClO. The summed E-state index contributed by atoms with van der Waals surface area (Å²) in [5, 5.41) is 0. The third-order valence-electron chi connectivity index (χ3n) is 3.34. The van der Waals surface area contributed by atoms with Gasteiger partial charge in [-0.05, 0) is 29.2 Å². The largest absolute Gasteiger partial charge is 0.289 e. The molecule has 0 spiro atoms. The maximum Gasteiger partial charge on any atom is 0.194 e. The van der Waals surface area contributed by atoms with Crippen LogP contribution in [-0.4, -0.2) is 11.7 Å². The molecule has 0 heterocycles. The molecule has 0 N–H and O–H groups in total. The Labute approximate surface area is 117 Å². The molecule has 0 saturated heterocycles. The van der Waals surface area contributed by atoms with Crippen molar-refractivity contribution in [3.8, 4) is 11.1 Å². The predicted molar refractivity (Wildman–Crippen MR) is 79.7 cm³/mol. The van der Waals surface area contributed by atoms with Crippen LogP contribution >= 0.6 is 11.6 Å². The first kappa shape index (κ1) is 12.2. The zero-order valence-corrected chi connectivity index (χ0v) is 11.2. The number of allylic oxidation sites excluding steroid dienone is 1. The standard InChI is InChI=1S/C17H13ClO/c18-10-4-3-5-12-8-9-14-13-6-1-2-7-15(13)17(19)16(14)11-12/h1-3,5-9,11H,4,10H2. The monoisotopic (exact) mass is 268 g/mol. The fourth-order valence-electron chi connectivity index (χ4n) is 2.43. The molecule has 0 amide bonds. The van der Waals surface area contributed by atoms with E-state index in [9.17, 15) is 4.79 Å². The van der Waals surface area contributed by atoms with Gasteiger partial charge >= 0.3 is 0 Å². The topological polar surface area (TPSA) is 17.1 Å². The maximum atomic E-state index is 12.3. The van der Waals surface area contributed by atoms with Gasteiger partial charge in [-0.2, -0.15) is 0 Å². The number of halogens is 1. The molecule has 0 aliphatic heterocycles. The molecule has 0 atom stereocenters. The van der Waals surface area contributed by atoms with Crippen LogP contribution in [0.2, 0.25) is 0 Å². The number of carbonyl (C=O) groups excluding carboxylic acids is 1. The summed E-state index contributed by atoms with van der Waals surface area (Å²) in [7, 11) is 0. The Kier molecular flexibility index (Phi) is 3.22. The van der Waals surface area contributed by atoms with Crippen molar-refractivity contribution < 1.29 is 4.79 Å². The van der Waals surface area contributed by atoms with E-state index in [4.69, 9.17) is 11.6 Å². The van der Waals surface area contributed by atoms with Gasteiger partial charge in [-0.3, -0.25) is 4.79 Å². The molecule has 1 aliphatic rings. The first-order chi connectivity index (χ1) is 9.31. The molecule has 3 rings (SSSR count). The third kappa shape index (κ3) is 2.11. The smallest absolute Gasteiger partial charge is 0.194 e. The SMILES string of the molecule is O=C1c2ccccc2-c2ccc(C=CCCCl)cc21. The molecule has 0 fully saturated rings. The van der Waals surface area contributed by atoms with Gasteiger partial charge in [-0.1, -0.05) is 48.6 Å². The van der Waals surface area contributed by atoms with Gasteiger partial charge in [-0.25, -0.2) is 0 Å². The average Bonchev–Trinajstić information content (AvgIpc) is 2.73. The number of alkyl halides is 1. The lowest BCUT2D eigenvalue weighted by Gasteiger charge is -2.00. The molecule has 1 aliphatic carbocycles. The van der Waals surface area contributed by atoms with Gasteiger partial charge in [0.15, 0.2) is 5.78 Å². The lowest BCUT2D eigenvalue weighted by atomic mass is 10.0. The van der Waals surface area contributed by atoms with E-state index in [0.29, 0.717) is 5.88 Å². The van der Waals surface area contributed by atoms with Crippen molar-refractivity contribution >= 4 is 23.5 Å². The van der Waals surface area contributed by atoms with Crippen LogP contribution in [-0.2, 0) is 0 Å². The number of hydrogen-bond acceptors (Lipinski definition) is 1. The second-order valence-electron chi connectivity index (χ2n) is 4.56. The molecule has 0 radical (unpaired) electrons. The second kappa shape index (κ2) is 5.02. The normalized spacial score (nSPS) is 12.8. The lowest BCUT2D eigenvalue weighted by Crippen LogP contribution is -1.94. The Morgan fingerprint density at radius 2 is 1.68 bits per heavy atom. The van der Waals surface area contributed by atoms with Crippen LogP contribution in [0, 0.1) is 0 Å². The van der Waals surface area contributed by atoms with Crippen LogP contribution in [0.25, 0.3) is 17.2 Å². The van der Waals surface area contributed by atoms with Crippen molar-refractivity contribution in [1.82, 2.24) is 0 Å². The fraction of sp³-hybridized carbons (Fsp3) is 0.118. The van der Waals surface area contributed by atoms with E-state index >= 15 is 0 Å². The van der Waals surface area contributed by atoms with Gasteiger partial charge in [0.1, 0.15) is 0 Å². The number of benzene rings is 2. The number of hydrogen-bond donors (Lipinski definition) is 0. The number of ketones is 1. The van der Waals surface area contributed by atoms with Gasteiger partial charge in [0.05, 0.1) is 0 Å². The van der Waals surface area contributed by atoms with E-state index in [0.717, 1.165) is 34.2 Å².